The highest BCUT2D eigenvalue weighted by Crippen LogP contribution is 2.40. The van der Waals surface area contributed by atoms with Crippen LogP contribution in [-0.4, -0.2) is 26.0 Å². The van der Waals surface area contributed by atoms with Crippen molar-refractivity contribution in [1.82, 2.24) is 10.6 Å². The van der Waals surface area contributed by atoms with Gasteiger partial charge in [0.1, 0.15) is 0 Å². The summed E-state index contributed by atoms with van der Waals surface area (Å²) in [6.07, 6.45) is 6.10. The predicted molar refractivity (Wildman–Crippen MR) is 85.2 cm³/mol. The summed E-state index contributed by atoms with van der Waals surface area (Å²) in [6.45, 7) is 1.21. The van der Waals surface area contributed by atoms with Crippen molar-refractivity contribution in [2.75, 3.05) is 20.1 Å². The van der Waals surface area contributed by atoms with Gasteiger partial charge in [-0.3, -0.25) is 4.79 Å². The SMILES string of the molecule is CNCC(=O)NCC1(Cc2ccccc2)CCCC1.Cl. The quantitative estimate of drug-likeness (QED) is 0.847. The van der Waals surface area contributed by atoms with Gasteiger partial charge >= 0.3 is 0 Å². The largest absolute Gasteiger partial charge is 0.354 e. The first kappa shape index (κ1) is 17.0. The molecule has 20 heavy (non-hydrogen) atoms. The van der Waals surface area contributed by atoms with Gasteiger partial charge in [-0.15, -0.1) is 12.4 Å². The van der Waals surface area contributed by atoms with E-state index in [9.17, 15) is 4.79 Å². The highest BCUT2D eigenvalue weighted by molar-refractivity contribution is 5.85. The number of hydrogen-bond acceptors (Lipinski definition) is 2. The zero-order chi connectivity index (χ0) is 13.6. The second-order valence-corrected chi connectivity index (χ2v) is 5.68. The molecule has 1 aliphatic rings. The number of hydrogen-bond donors (Lipinski definition) is 2. The van der Waals surface area contributed by atoms with Crippen molar-refractivity contribution in [2.45, 2.75) is 32.1 Å². The van der Waals surface area contributed by atoms with E-state index >= 15 is 0 Å². The average molecular weight is 297 g/mol. The molecule has 1 aliphatic carbocycles. The topological polar surface area (TPSA) is 41.1 Å². The van der Waals surface area contributed by atoms with Gasteiger partial charge in [-0.05, 0) is 37.3 Å². The normalized spacial score (nSPS) is 16.4. The molecule has 1 amide bonds. The Morgan fingerprint density at radius 2 is 1.85 bits per heavy atom. The molecular formula is C16H25ClN2O. The second-order valence-electron chi connectivity index (χ2n) is 5.68. The Morgan fingerprint density at radius 3 is 2.45 bits per heavy atom. The lowest BCUT2D eigenvalue weighted by Crippen LogP contribution is -2.40. The molecule has 0 radical (unpaired) electrons. The van der Waals surface area contributed by atoms with E-state index in [-0.39, 0.29) is 23.7 Å². The molecule has 0 aliphatic heterocycles. The van der Waals surface area contributed by atoms with Crippen LogP contribution in [0.4, 0.5) is 0 Å². The summed E-state index contributed by atoms with van der Waals surface area (Å²) >= 11 is 0. The van der Waals surface area contributed by atoms with Crippen LogP contribution in [0.25, 0.3) is 0 Å². The van der Waals surface area contributed by atoms with Crippen LogP contribution < -0.4 is 10.6 Å². The first-order valence-corrected chi connectivity index (χ1v) is 7.19. The smallest absolute Gasteiger partial charge is 0.233 e. The van der Waals surface area contributed by atoms with E-state index in [2.05, 4.69) is 41.0 Å². The third kappa shape index (κ3) is 4.80. The summed E-state index contributed by atoms with van der Waals surface area (Å²) in [5.41, 5.74) is 1.65. The molecule has 0 heterocycles. The van der Waals surface area contributed by atoms with Crippen molar-refractivity contribution in [3.8, 4) is 0 Å². The first-order chi connectivity index (χ1) is 9.24. The molecule has 112 valence electrons. The van der Waals surface area contributed by atoms with Gasteiger partial charge < -0.3 is 10.6 Å². The summed E-state index contributed by atoms with van der Waals surface area (Å²) in [5.74, 6) is 0.0989. The highest BCUT2D eigenvalue weighted by Gasteiger charge is 2.34. The van der Waals surface area contributed by atoms with Crippen molar-refractivity contribution in [2.24, 2.45) is 5.41 Å². The second kappa shape index (κ2) is 8.28. The maximum Gasteiger partial charge on any atom is 0.233 e. The van der Waals surface area contributed by atoms with Crippen LogP contribution in [0.5, 0.6) is 0 Å². The molecular weight excluding hydrogens is 272 g/mol. The number of benzene rings is 1. The van der Waals surface area contributed by atoms with E-state index in [0.29, 0.717) is 6.54 Å². The predicted octanol–water partition coefficient (Wildman–Crippen LogP) is 2.55. The van der Waals surface area contributed by atoms with Gasteiger partial charge in [0.2, 0.25) is 5.91 Å². The van der Waals surface area contributed by atoms with Gasteiger partial charge in [0.25, 0.3) is 0 Å². The maximum absolute atomic E-state index is 11.6. The zero-order valence-corrected chi connectivity index (χ0v) is 13.0. The summed E-state index contributed by atoms with van der Waals surface area (Å²) < 4.78 is 0. The van der Waals surface area contributed by atoms with E-state index in [1.54, 1.807) is 7.05 Å². The molecule has 0 spiro atoms. The lowest BCUT2D eigenvalue weighted by Gasteiger charge is -2.29. The molecule has 1 aromatic rings. The average Bonchev–Trinajstić information content (AvgIpc) is 2.87. The Labute approximate surface area is 127 Å². The van der Waals surface area contributed by atoms with Gasteiger partial charge in [0, 0.05) is 6.54 Å². The van der Waals surface area contributed by atoms with Crippen molar-refractivity contribution in [1.29, 1.82) is 0 Å². The molecule has 0 unspecified atom stereocenters. The van der Waals surface area contributed by atoms with Gasteiger partial charge in [0.05, 0.1) is 6.54 Å². The van der Waals surface area contributed by atoms with Crippen LogP contribution in [0.15, 0.2) is 30.3 Å². The standard InChI is InChI=1S/C16H24N2O.ClH/c1-17-12-15(19)18-13-16(9-5-6-10-16)11-14-7-3-2-4-8-14;/h2-4,7-8,17H,5-6,9-13H2,1H3,(H,18,19);1H. The molecule has 1 saturated carbocycles. The van der Waals surface area contributed by atoms with Crippen LogP contribution in [-0.2, 0) is 11.2 Å². The molecule has 1 aromatic carbocycles. The van der Waals surface area contributed by atoms with Crippen molar-refractivity contribution >= 4 is 18.3 Å². The molecule has 0 bridgehead atoms. The van der Waals surface area contributed by atoms with Gasteiger partial charge in [0.15, 0.2) is 0 Å². The molecule has 2 rings (SSSR count). The van der Waals surface area contributed by atoms with Gasteiger partial charge in [-0.25, -0.2) is 0 Å². The summed E-state index contributed by atoms with van der Waals surface area (Å²) in [6, 6.07) is 10.6. The number of amides is 1. The molecule has 0 saturated heterocycles. The molecule has 4 heteroatoms. The molecule has 1 fully saturated rings. The van der Waals surface area contributed by atoms with E-state index < -0.39 is 0 Å². The molecule has 0 aromatic heterocycles. The molecule has 3 nitrogen and oxygen atoms in total. The zero-order valence-electron chi connectivity index (χ0n) is 12.2. The fourth-order valence-electron chi connectivity index (χ4n) is 3.08. The number of likely N-dealkylation sites (N-methyl/N-ethyl adjacent to an activating group) is 1. The van der Waals surface area contributed by atoms with Crippen LogP contribution >= 0.6 is 12.4 Å². The van der Waals surface area contributed by atoms with E-state index in [0.717, 1.165) is 13.0 Å². The molecule has 0 atom stereocenters. The minimum atomic E-state index is 0. The summed E-state index contributed by atoms with van der Waals surface area (Å²) in [7, 11) is 1.80. The molecule has 2 N–H and O–H groups in total. The number of carbonyl (C=O) groups is 1. The van der Waals surface area contributed by atoms with Gasteiger partial charge in [-0.2, -0.15) is 0 Å². The third-order valence-electron chi connectivity index (χ3n) is 4.08. The number of halogens is 1. The minimum Gasteiger partial charge on any atom is -0.354 e. The first-order valence-electron chi connectivity index (χ1n) is 7.19. The van der Waals surface area contributed by atoms with Crippen LogP contribution in [0.1, 0.15) is 31.2 Å². The fraction of sp³-hybridized carbons (Fsp3) is 0.562. The number of nitrogens with one attached hydrogen (secondary N) is 2. The Kier molecular flexibility index (Phi) is 7.03. The van der Waals surface area contributed by atoms with Crippen LogP contribution in [0.3, 0.4) is 0 Å². The van der Waals surface area contributed by atoms with Crippen LogP contribution in [0, 0.1) is 5.41 Å². The van der Waals surface area contributed by atoms with Gasteiger partial charge in [-0.1, -0.05) is 43.2 Å². The summed E-state index contributed by atoms with van der Waals surface area (Å²) in [4.78, 5) is 11.6. The van der Waals surface area contributed by atoms with E-state index in [1.165, 1.54) is 31.2 Å². The summed E-state index contributed by atoms with van der Waals surface area (Å²) in [5, 5.41) is 5.98. The Morgan fingerprint density at radius 1 is 1.20 bits per heavy atom. The van der Waals surface area contributed by atoms with E-state index in [4.69, 9.17) is 0 Å². The van der Waals surface area contributed by atoms with Crippen molar-refractivity contribution in [3.63, 3.8) is 0 Å². The lowest BCUT2D eigenvalue weighted by molar-refractivity contribution is -0.120. The lowest BCUT2D eigenvalue weighted by atomic mass is 9.80. The number of rotatable bonds is 6. The fourth-order valence-corrected chi connectivity index (χ4v) is 3.08. The van der Waals surface area contributed by atoms with Crippen molar-refractivity contribution in [3.05, 3.63) is 35.9 Å². The highest BCUT2D eigenvalue weighted by atomic mass is 35.5. The van der Waals surface area contributed by atoms with Crippen molar-refractivity contribution < 1.29 is 4.79 Å². The van der Waals surface area contributed by atoms with E-state index in [1.807, 2.05) is 0 Å². The number of carbonyl (C=O) groups excluding carboxylic acids is 1. The monoisotopic (exact) mass is 296 g/mol. The van der Waals surface area contributed by atoms with Crippen LogP contribution in [0.2, 0.25) is 0 Å². The third-order valence-corrected chi connectivity index (χ3v) is 4.08. The Balaban J connectivity index is 0.00000200. The Hall–Kier alpha value is -1.06. The Bertz CT molecular complexity index is 402. The maximum atomic E-state index is 11.6. The minimum absolute atomic E-state index is 0.